The molecule has 0 spiro atoms. The van der Waals surface area contributed by atoms with Crippen molar-refractivity contribution in [2.75, 3.05) is 37.4 Å². The van der Waals surface area contributed by atoms with E-state index in [1.165, 1.54) is 6.33 Å². The van der Waals surface area contributed by atoms with Crippen molar-refractivity contribution in [1.82, 2.24) is 25.1 Å². The smallest absolute Gasteiger partial charge is 0.251 e. The Morgan fingerprint density at radius 3 is 2.56 bits per heavy atom. The molecule has 2 N–H and O–H groups in total. The van der Waals surface area contributed by atoms with Crippen molar-refractivity contribution in [3.05, 3.63) is 60.2 Å². The monoisotopic (exact) mass is 365 g/mol. The number of anilines is 2. The molecule has 0 radical (unpaired) electrons. The maximum atomic E-state index is 12.2. The third kappa shape index (κ3) is 4.81. The van der Waals surface area contributed by atoms with E-state index >= 15 is 0 Å². The molecule has 0 aliphatic carbocycles. The third-order valence-corrected chi connectivity index (χ3v) is 3.97. The number of nitrogens with zero attached hydrogens (tertiary/aromatic N) is 5. The molecule has 140 valence electrons. The van der Waals surface area contributed by atoms with E-state index < -0.39 is 0 Å². The van der Waals surface area contributed by atoms with Crippen LogP contribution in [0, 0.1) is 6.92 Å². The molecule has 2 aromatic heterocycles. The first kappa shape index (κ1) is 18.4. The van der Waals surface area contributed by atoms with Crippen LogP contribution in [0.1, 0.15) is 16.1 Å². The second-order valence-electron chi connectivity index (χ2n) is 6.29. The summed E-state index contributed by atoms with van der Waals surface area (Å²) in [5.74, 6) is 1.26. The molecule has 0 saturated heterocycles. The predicted octanol–water partition coefficient (Wildman–Crippen LogP) is 1.88. The molecular formula is C19H23N7O. The number of nitrogens with one attached hydrogen (secondary N) is 2. The van der Waals surface area contributed by atoms with Gasteiger partial charge in [-0.2, -0.15) is 5.10 Å². The minimum absolute atomic E-state index is 0.0995. The van der Waals surface area contributed by atoms with Gasteiger partial charge < -0.3 is 15.5 Å². The quantitative estimate of drug-likeness (QED) is 0.622. The van der Waals surface area contributed by atoms with E-state index in [0.717, 1.165) is 11.4 Å². The number of rotatable bonds is 7. The molecule has 0 fully saturated rings. The molecule has 3 rings (SSSR count). The molecule has 0 aliphatic heterocycles. The Kier molecular flexibility index (Phi) is 5.65. The normalized spacial score (nSPS) is 10.5. The van der Waals surface area contributed by atoms with Crippen molar-refractivity contribution in [1.29, 1.82) is 0 Å². The maximum absolute atomic E-state index is 12.2. The van der Waals surface area contributed by atoms with Gasteiger partial charge in [0.15, 0.2) is 5.82 Å². The average Bonchev–Trinajstić information content (AvgIpc) is 3.12. The number of hydrogen-bond donors (Lipinski definition) is 2. The van der Waals surface area contributed by atoms with Gasteiger partial charge in [-0.05, 0) is 37.3 Å². The van der Waals surface area contributed by atoms with E-state index in [4.69, 9.17) is 0 Å². The van der Waals surface area contributed by atoms with Crippen molar-refractivity contribution in [2.45, 2.75) is 6.92 Å². The number of benzene rings is 1. The van der Waals surface area contributed by atoms with Crippen molar-refractivity contribution >= 4 is 17.4 Å². The summed E-state index contributed by atoms with van der Waals surface area (Å²) in [5, 5.41) is 10.4. The molecule has 1 aromatic carbocycles. The summed E-state index contributed by atoms with van der Waals surface area (Å²) in [6.07, 6.45) is 3.34. The Balaban J connectivity index is 1.49. The number of carbonyl (C=O) groups excluding carboxylic acids is 1. The molecule has 3 aromatic rings. The summed E-state index contributed by atoms with van der Waals surface area (Å²) in [6, 6.07) is 11.2. The van der Waals surface area contributed by atoms with E-state index in [-0.39, 0.29) is 5.91 Å². The van der Waals surface area contributed by atoms with Crippen LogP contribution in [0.15, 0.2) is 48.9 Å². The van der Waals surface area contributed by atoms with Crippen molar-refractivity contribution in [3.8, 4) is 5.82 Å². The van der Waals surface area contributed by atoms with Crippen molar-refractivity contribution in [3.63, 3.8) is 0 Å². The molecule has 27 heavy (non-hydrogen) atoms. The fourth-order valence-electron chi connectivity index (χ4n) is 2.49. The Bertz CT molecular complexity index is 902. The average molecular weight is 365 g/mol. The first-order chi connectivity index (χ1) is 13.0. The number of hydrogen-bond acceptors (Lipinski definition) is 6. The van der Waals surface area contributed by atoms with Gasteiger partial charge in [0, 0.05) is 50.7 Å². The topological polar surface area (TPSA) is 88.0 Å². The molecule has 0 aliphatic rings. The fraction of sp³-hybridized carbons (Fsp3) is 0.263. The summed E-state index contributed by atoms with van der Waals surface area (Å²) in [6.45, 7) is 2.96. The maximum Gasteiger partial charge on any atom is 0.251 e. The molecule has 8 heteroatoms. The van der Waals surface area contributed by atoms with Gasteiger partial charge in [-0.15, -0.1) is 0 Å². The molecule has 0 atom stereocenters. The van der Waals surface area contributed by atoms with Crippen LogP contribution in [0.25, 0.3) is 5.82 Å². The van der Waals surface area contributed by atoms with Crippen LogP contribution < -0.4 is 15.5 Å². The van der Waals surface area contributed by atoms with Crippen LogP contribution in [0.4, 0.5) is 11.5 Å². The summed E-state index contributed by atoms with van der Waals surface area (Å²) in [5.41, 5.74) is 2.61. The Hall–Kier alpha value is -3.42. The number of aromatic nitrogens is 4. The zero-order valence-corrected chi connectivity index (χ0v) is 15.7. The van der Waals surface area contributed by atoms with Crippen molar-refractivity contribution < 1.29 is 4.79 Å². The van der Waals surface area contributed by atoms with Crippen LogP contribution in [0.3, 0.4) is 0 Å². The Morgan fingerprint density at radius 2 is 1.89 bits per heavy atom. The highest BCUT2D eigenvalue weighted by atomic mass is 16.1. The van der Waals surface area contributed by atoms with Crippen molar-refractivity contribution in [2.24, 2.45) is 0 Å². The molecule has 0 bridgehead atoms. The van der Waals surface area contributed by atoms with Crippen LogP contribution in [0.2, 0.25) is 0 Å². The van der Waals surface area contributed by atoms with Crippen LogP contribution in [-0.4, -0.2) is 52.8 Å². The van der Waals surface area contributed by atoms with E-state index in [1.54, 1.807) is 4.68 Å². The molecule has 2 heterocycles. The van der Waals surface area contributed by atoms with E-state index in [2.05, 4.69) is 25.7 Å². The fourth-order valence-corrected chi connectivity index (χ4v) is 2.49. The standard InChI is InChI=1S/C19H23N7O/c1-14-8-11-26(24-14)18-12-17(22-13-23-18)20-9-10-21-19(27)15-4-6-16(7-5-15)25(2)3/h4-8,11-13H,9-10H2,1-3H3,(H,21,27)(H,20,22,23). The number of carbonyl (C=O) groups is 1. The highest BCUT2D eigenvalue weighted by Gasteiger charge is 2.06. The number of amides is 1. The number of aryl methyl sites for hydroxylation is 1. The lowest BCUT2D eigenvalue weighted by Crippen LogP contribution is -2.29. The lowest BCUT2D eigenvalue weighted by atomic mass is 10.2. The van der Waals surface area contributed by atoms with Crippen LogP contribution >= 0.6 is 0 Å². The van der Waals surface area contributed by atoms with Gasteiger partial charge in [-0.3, -0.25) is 4.79 Å². The predicted molar refractivity (Wildman–Crippen MR) is 105 cm³/mol. The van der Waals surface area contributed by atoms with Gasteiger partial charge in [0.1, 0.15) is 12.1 Å². The Morgan fingerprint density at radius 1 is 1.11 bits per heavy atom. The van der Waals surface area contributed by atoms with Gasteiger partial charge in [0.2, 0.25) is 0 Å². The van der Waals surface area contributed by atoms with Gasteiger partial charge in [0.25, 0.3) is 5.91 Å². The zero-order valence-electron chi connectivity index (χ0n) is 15.7. The molecule has 8 nitrogen and oxygen atoms in total. The summed E-state index contributed by atoms with van der Waals surface area (Å²) < 4.78 is 1.70. The molecular weight excluding hydrogens is 342 g/mol. The third-order valence-electron chi connectivity index (χ3n) is 3.97. The SMILES string of the molecule is Cc1ccn(-c2cc(NCCNC(=O)c3ccc(N(C)C)cc3)ncn2)n1. The minimum atomic E-state index is -0.0995. The van der Waals surface area contributed by atoms with Crippen LogP contribution in [0.5, 0.6) is 0 Å². The highest BCUT2D eigenvalue weighted by molar-refractivity contribution is 5.94. The van der Waals surface area contributed by atoms with Crippen LogP contribution in [-0.2, 0) is 0 Å². The molecule has 0 unspecified atom stereocenters. The first-order valence-electron chi connectivity index (χ1n) is 8.67. The molecule has 0 saturated carbocycles. The lowest BCUT2D eigenvalue weighted by molar-refractivity contribution is 0.0955. The van der Waals surface area contributed by atoms with Gasteiger partial charge in [-0.25, -0.2) is 14.6 Å². The van der Waals surface area contributed by atoms with E-state index in [0.29, 0.717) is 30.3 Å². The van der Waals surface area contributed by atoms with Gasteiger partial charge in [-0.1, -0.05) is 0 Å². The van der Waals surface area contributed by atoms with E-state index in [1.807, 2.05) is 68.5 Å². The lowest BCUT2D eigenvalue weighted by Gasteiger charge is -2.12. The summed E-state index contributed by atoms with van der Waals surface area (Å²) in [4.78, 5) is 22.6. The Labute approximate surface area is 158 Å². The van der Waals surface area contributed by atoms with Gasteiger partial charge in [0.05, 0.1) is 5.69 Å². The van der Waals surface area contributed by atoms with Gasteiger partial charge >= 0.3 is 0 Å². The highest BCUT2D eigenvalue weighted by Crippen LogP contribution is 2.12. The zero-order chi connectivity index (χ0) is 19.2. The molecule has 1 amide bonds. The first-order valence-corrected chi connectivity index (χ1v) is 8.67. The second-order valence-corrected chi connectivity index (χ2v) is 6.29. The van der Waals surface area contributed by atoms with E-state index in [9.17, 15) is 4.79 Å². The largest absolute Gasteiger partial charge is 0.378 e. The minimum Gasteiger partial charge on any atom is -0.378 e. The summed E-state index contributed by atoms with van der Waals surface area (Å²) >= 11 is 0. The second kappa shape index (κ2) is 8.31. The summed E-state index contributed by atoms with van der Waals surface area (Å²) in [7, 11) is 3.93.